The Bertz CT molecular complexity index is 662. The molecule has 0 aliphatic carbocycles. The highest BCUT2D eigenvalue weighted by molar-refractivity contribution is 5.30. The van der Waals surface area contributed by atoms with Crippen molar-refractivity contribution in [1.82, 2.24) is 14.3 Å². The van der Waals surface area contributed by atoms with Crippen molar-refractivity contribution in [2.24, 2.45) is 0 Å². The highest BCUT2D eigenvalue weighted by atomic mass is 16.2. The summed E-state index contributed by atoms with van der Waals surface area (Å²) in [7, 11) is 0. The van der Waals surface area contributed by atoms with E-state index >= 15 is 0 Å². The van der Waals surface area contributed by atoms with Crippen molar-refractivity contribution in [3.63, 3.8) is 0 Å². The van der Waals surface area contributed by atoms with Crippen LogP contribution in [-0.4, -0.2) is 14.3 Å². The molecule has 1 aromatic heterocycles. The number of nitrogens with one attached hydrogen (secondary N) is 1. The van der Waals surface area contributed by atoms with Crippen LogP contribution >= 0.6 is 0 Å². The molecule has 1 heterocycles. The predicted octanol–water partition coefficient (Wildman–Crippen LogP) is 1.68. The average Bonchev–Trinajstić information content (AvgIpc) is 2.71. The highest BCUT2D eigenvalue weighted by Crippen LogP contribution is 2.00. The van der Waals surface area contributed by atoms with Crippen LogP contribution in [0.2, 0.25) is 0 Å². The lowest BCUT2D eigenvalue weighted by atomic mass is 10.3. The van der Waals surface area contributed by atoms with Crippen molar-refractivity contribution in [2.75, 3.05) is 0 Å². The zero-order valence-electron chi connectivity index (χ0n) is 10.9. The molecule has 0 spiro atoms. The normalized spacial score (nSPS) is 11.2. The monoisotopic (exact) mass is 259 g/mol. The van der Waals surface area contributed by atoms with Crippen LogP contribution in [0.1, 0.15) is 19.8 Å². The average molecular weight is 259 g/mol. The third-order valence-corrected chi connectivity index (χ3v) is 2.78. The minimum Gasteiger partial charge on any atom is -0.246 e. The number of aromatic nitrogens is 3. The second kappa shape index (κ2) is 6.04. The Morgan fingerprint density at radius 3 is 2.58 bits per heavy atom. The Labute approximate surface area is 110 Å². The van der Waals surface area contributed by atoms with E-state index < -0.39 is 5.69 Å². The lowest BCUT2D eigenvalue weighted by Gasteiger charge is -1.97. The van der Waals surface area contributed by atoms with Gasteiger partial charge >= 0.3 is 11.4 Å². The van der Waals surface area contributed by atoms with Crippen LogP contribution < -0.4 is 11.4 Å². The van der Waals surface area contributed by atoms with Gasteiger partial charge in [-0.15, -0.1) is 0 Å². The van der Waals surface area contributed by atoms with Crippen molar-refractivity contribution in [3.05, 3.63) is 63.5 Å². The highest BCUT2D eigenvalue weighted by Gasteiger charge is 2.09. The summed E-state index contributed by atoms with van der Waals surface area (Å²) in [5.41, 5.74) is -0.192. The summed E-state index contributed by atoms with van der Waals surface area (Å²) in [5.74, 6) is 0. The quantitative estimate of drug-likeness (QED) is 0.830. The van der Waals surface area contributed by atoms with E-state index in [-0.39, 0.29) is 5.69 Å². The number of rotatable bonds is 5. The smallest absolute Gasteiger partial charge is 0.246 e. The number of allylic oxidation sites excluding steroid dienone is 2. The molecule has 19 heavy (non-hydrogen) atoms. The molecule has 0 atom stereocenters. The summed E-state index contributed by atoms with van der Waals surface area (Å²) < 4.78 is 2.44. The van der Waals surface area contributed by atoms with E-state index in [4.69, 9.17) is 0 Å². The molecule has 2 rings (SSSR count). The van der Waals surface area contributed by atoms with Crippen LogP contribution in [0.4, 0.5) is 0 Å². The number of nitrogens with zero attached hydrogens (tertiary/aromatic N) is 2. The molecule has 0 aliphatic heterocycles. The van der Waals surface area contributed by atoms with Gasteiger partial charge in [-0.2, -0.15) is 0 Å². The lowest BCUT2D eigenvalue weighted by Crippen LogP contribution is -2.27. The number of aromatic amines is 1. The fraction of sp³-hybridized carbons (Fsp3) is 0.286. The Morgan fingerprint density at radius 2 is 1.89 bits per heavy atom. The zero-order valence-corrected chi connectivity index (χ0v) is 10.9. The Kier molecular flexibility index (Phi) is 4.18. The van der Waals surface area contributed by atoms with E-state index in [1.165, 1.54) is 4.68 Å². The zero-order chi connectivity index (χ0) is 13.7. The molecule has 0 amide bonds. The van der Waals surface area contributed by atoms with Crippen LogP contribution in [0.3, 0.4) is 0 Å². The van der Waals surface area contributed by atoms with Gasteiger partial charge < -0.3 is 0 Å². The molecule has 0 radical (unpaired) electrons. The molecule has 5 heteroatoms. The molecule has 5 nitrogen and oxygen atoms in total. The van der Waals surface area contributed by atoms with Gasteiger partial charge in [-0.3, -0.25) is 0 Å². The first-order valence-electron chi connectivity index (χ1n) is 6.36. The summed E-state index contributed by atoms with van der Waals surface area (Å²) in [6.45, 7) is 2.47. The van der Waals surface area contributed by atoms with Crippen molar-refractivity contribution < 1.29 is 0 Å². The van der Waals surface area contributed by atoms with Crippen LogP contribution in [0, 0.1) is 0 Å². The standard InChI is InChI=1S/C14H17N3O2/c1-2-3-4-8-11-16-14(19)17(13(18)15-16)12-9-6-5-7-10-12/h4-10H,2-3,11H2,1H3,(H,15,18)/b8-4-. The van der Waals surface area contributed by atoms with Gasteiger partial charge in [0.1, 0.15) is 0 Å². The van der Waals surface area contributed by atoms with E-state index in [1.807, 2.05) is 18.2 Å². The van der Waals surface area contributed by atoms with Gasteiger partial charge in [0.25, 0.3) is 0 Å². The minimum atomic E-state index is -0.417. The number of para-hydroxylation sites is 1. The maximum atomic E-state index is 12.1. The summed E-state index contributed by atoms with van der Waals surface area (Å²) >= 11 is 0. The minimum absolute atomic E-state index is 0.350. The van der Waals surface area contributed by atoms with Gasteiger partial charge in [0.05, 0.1) is 12.2 Å². The van der Waals surface area contributed by atoms with E-state index in [1.54, 1.807) is 24.3 Å². The van der Waals surface area contributed by atoms with Crippen molar-refractivity contribution in [1.29, 1.82) is 0 Å². The fourth-order valence-electron chi connectivity index (χ4n) is 1.81. The lowest BCUT2D eigenvalue weighted by molar-refractivity contribution is 0.662. The molecule has 2 aromatic rings. The Balaban J connectivity index is 2.31. The van der Waals surface area contributed by atoms with E-state index in [9.17, 15) is 9.59 Å². The van der Waals surface area contributed by atoms with E-state index in [0.717, 1.165) is 17.4 Å². The van der Waals surface area contributed by atoms with Crippen molar-refractivity contribution >= 4 is 0 Å². The second-order valence-corrected chi connectivity index (χ2v) is 4.24. The third kappa shape index (κ3) is 2.93. The SMILES string of the molecule is CCC/C=C\Cn1[nH]c(=O)n(-c2ccccc2)c1=O. The molecule has 0 unspecified atom stereocenters. The van der Waals surface area contributed by atoms with Crippen molar-refractivity contribution in [3.8, 4) is 5.69 Å². The summed E-state index contributed by atoms with van der Waals surface area (Å²) in [4.78, 5) is 23.9. The van der Waals surface area contributed by atoms with Gasteiger partial charge in [-0.25, -0.2) is 23.9 Å². The number of hydrogen-bond acceptors (Lipinski definition) is 2. The molecule has 1 aromatic carbocycles. The molecule has 0 saturated heterocycles. The van der Waals surface area contributed by atoms with Gasteiger partial charge in [0, 0.05) is 0 Å². The summed E-state index contributed by atoms with van der Waals surface area (Å²) in [5, 5.41) is 2.55. The number of hydrogen-bond donors (Lipinski definition) is 1. The molecule has 0 bridgehead atoms. The molecule has 0 aliphatic rings. The largest absolute Gasteiger partial charge is 0.351 e. The maximum absolute atomic E-state index is 12.1. The van der Waals surface area contributed by atoms with Gasteiger partial charge in [0.15, 0.2) is 0 Å². The second-order valence-electron chi connectivity index (χ2n) is 4.24. The molecule has 0 saturated carbocycles. The van der Waals surface area contributed by atoms with Gasteiger partial charge in [-0.1, -0.05) is 43.7 Å². The number of unbranched alkanes of at least 4 members (excludes halogenated alkanes) is 1. The topological polar surface area (TPSA) is 59.8 Å². The third-order valence-electron chi connectivity index (χ3n) is 2.78. The molecule has 0 fully saturated rings. The molecule has 100 valence electrons. The van der Waals surface area contributed by atoms with Gasteiger partial charge in [-0.05, 0) is 18.6 Å². The van der Waals surface area contributed by atoms with Crippen LogP contribution in [0.5, 0.6) is 0 Å². The van der Waals surface area contributed by atoms with Crippen LogP contribution in [0.25, 0.3) is 5.69 Å². The predicted molar refractivity (Wildman–Crippen MR) is 74.7 cm³/mol. The fourth-order valence-corrected chi connectivity index (χ4v) is 1.81. The van der Waals surface area contributed by atoms with E-state index in [2.05, 4.69) is 12.0 Å². The summed E-state index contributed by atoms with van der Waals surface area (Å²) in [6, 6.07) is 8.88. The van der Waals surface area contributed by atoms with Crippen LogP contribution in [-0.2, 0) is 6.54 Å². The van der Waals surface area contributed by atoms with Gasteiger partial charge in [0.2, 0.25) is 0 Å². The Hall–Kier alpha value is -2.30. The van der Waals surface area contributed by atoms with E-state index in [0.29, 0.717) is 12.2 Å². The first-order valence-corrected chi connectivity index (χ1v) is 6.36. The number of benzene rings is 1. The molecular weight excluding hydrogens is 242 g/mol. The first kappa shape index (κ1) is 13.1. The van der Waals surface area contributed by atoms with Crippen LogP contribution in [0.15, 0.2) is 52.1 Å². The molecular formula is C14H17N3O2. The summed E-state index contributed by atoms with van der Waals surface area (Å²) in [6.07, 6.45) is 5.92. The first-order chi connectivity index (χ1) is 9.24. The van der Waals surface area contributed by atoms with Crippen molar-refractivity contribution in [2.45, 2.75) is 26.3 Å². The maximum Gasteiger partial charge on any atom is 0.351 e. The molecule has 1 N–H and O–H groups in total. The Morgan fingerprint density at radius 1 is 1.16 bits per heavy atom. The number of H-pyrrole nitrogens is 1.